The number of para-hydroxylation sites is 1. The molecule has 5 N–H and O–H groups in total. The van der Waals surface area contributed by atoms with E-state index in [2.05, 4.69) is 52.2 Å². The Balaban J connectivity index is 1.46. The second-order valence-electron chi connectivity index (χ2n) is 8.75. The zero-order valence-corrected chi connectivity index (χ0v) is 20.7. The summed E-state index contributed by atoms with van der Waals surface area (Å²) in [6.07, 6.45) is 10.9. The van der Waals surface area contributed by atoms with Crippen molar-refractivity contribution < 1.29 is 24.4 Å². The van der Waals surface area contributed by atoms with Crippen LogP contribution >= 0.6 is 0 Å². The molecule has 36 heavy (non-hydrogen) atoms. The number of nitrogens with one attached hydrogen (secondary N) is 3. The maximum Gasteiger partial charge on any atom is 0.327 e. The van der Waals surface area contributed by atoms with Gasteiger partial charge in [0.2, 0.25) is 0 Å². The van der Waals surface area contributed by atoms with Crippen molar-refractivity contribution in [2.45, 2.75) is 58.5 Å². The van der Waals surface area contributed by atoms with Gasteiger partial charge in [-0.3, -0.25) is 20.4 Å². The molecule has 3 aromatic rings. The molecule has 0 unspecified atom stereocenters. The number of benzene rings is 2. The van der Waals surface area contributed by atoms with Gasteiger partial charge in [-0.05, 0) is 54.2 Å². The van der Waals surface area contributed by atoms with Crippen LogP contribution < -0.4 is 20.7 Å². The van der Waals surface area contributed by atoms with Gasteiger partial charge in [-0.2, -0.15) is 0 Å². The molecule has 190 valence electrons. The Morgan fingerprint density at radius 2 is 1.61 bits per heavy atom. The normalized spacial score (nSPS) is 10.6. The van der Waals surface area contributed by atoms with E-state index in [1.807, 2.05) is 24.3 Å². The van der Waals surface area contributed by atoms with Crippen molar-refractivity contribution in [2.24, 2.45) is 0 Å². The van der Waals surface area contributed by atoms with Crippen LogP contribution in [0, 0.1) is 0 Å². The summed E-state index contributed by atoms with van der Waals surface area (Å²) in [7, 11) is 0. The first-order valence-corrected chi connectivity index (χ1v) is 12.4. The molecule has 8 heteroatoms. The van der Waals surface area contributed by atoms with E-state index in [9.17, 15) is 19.8 Å². The molecule has 1 heterocycles. The summed E-state index contributed by atoms with van der Waals surface area (Å²) in [4.78, 5) is 24.3. The van der Waals surface area contributed by atoms with Gasteiger partial charge >= 0.3 is 11.8 Å². The van der Waals surface area contributed by atoms with Crippen molar-refractivity contribution in [1.82, 2.24) is 10.7 Å². The summed E-state index contributed by atoms with van der Waals surface area (Å²) in [6.45, 7) is 3.29. The number of carbonyl (C=O) groups excluding carboxylic acids is 2. The largest absolute Gasteiger partial charge is 0.504 e. The average Bonchev–Trinajstić information content (AvgIpc) is 2.90. The van der Waals surface area contributed by atoms with Gasteiger partial charge in [0.15, 0.2) is 23.9 Å². The number of hydrogen-bond donors (Lipinski definition) is 5. The Morgan fingerprint density at radius 3 is 2.36 bits per heavy atom. The van der Waals surface area contributed by atoms with Crippen LogP contribution in [0.1, 0.15) is 49.3 Å². The molecule has 0 saturated heterocycles. The fraction of sp³-hybridized carbons (Fsp3) is 0.321. The van der Waals surface area contributed by atoms with Crippen molar-refractivity contribution in [2.75, 3.05) is 5.43 Å². The van der Waals surface area contributed by atoms with E-state index >= 15 is 0 Å². The molecule has 0 fully saturated rings. The SMILES string of the molecule is CCCCCC[n+]1ccc(CCc2ccccc2NNC(=O)C(=O)NCc2ccc(O)c(O)c2)cc1. The minimum atomic E-state index is -0.834. The number of hydrazine groups is 1. The first-order chi connectivity index (χ1) is 17.5. The fourth-order valence-corrected chi connectivity index (χ4v) is 3.79. The number of aromatic hydroxyl groups is 2. The Labute approximate surface area is 212 Å². The maximum atomic E-state index is 12.2. The van der Waals surface area contributed by atoms with E-state index in [0.717, 1.165) is 30.6 Å². The van der Waals surface area contributed by atoms with Gasteiger partial charge in [0, 0.05) is 25.1 Å². The monoisotopic (exact) mass is 491 g/mol. The molecule has 0 aliphatic carbocycles. The van der Waals surface area contributed by atoms with Crippen molar-refractivity contribution in [1.29, 1.82) is 0 Å². The number of unbranched alkanes of at least 4 members (excludes halogenated alkanes) is 3. The van der Waals surface area contributed by atoms with Gasteiger partial charge in [0.25, 0.3) is 0 Å². The van der Waals surface area contributed by atoms with E-state index in [1.54, 1.807) is 6.07 Å². The number of aryl methyl sites for hydroxylation is 3. The highest BCUT2D eigenvalue weighted by Crippen LogP contribution is 2.24. The molecule has 0 saturated carbocycles. The number of amides is 2. The summed E-state index contributed by atoms with van der Waals surface area (Å²) >= 11 is 0. The van der Waals surface area contributed by atoms with Crippen molar-refractivity contribution in [3.63, 3.8) is 0 Å². The summed E-state index contributed by atoms with van der Waals surface area (Å²) in [5.74, 6) is -2.19. The molecule has 0 aliphatic heterocycles. The zero-order chi connectivity index (χ0) is 25.8. The molecular formula is C28H35N4O4+. The predicted octanol–water partition coefficient (Wildman–Crippen LogP) is 3.51. The van der Waals surface area contributed by atoms with Crippen molar-refractivity contribution in [3.05, 3.63) is 83.7 Å². The number of carbonyl (C=O) groups is 2. The van der Waals surface area contributed by atoms with Crippen LogP contribution in [0.25, 0.3) is 0 Å². The molecule has 8 nitrogen and oxygen atoms in total. The van der Waals surface area contributed by atoms with Gasteiger partial charge in [0.1, 0.15) is 6.54 Å². The third kappa shape index (κ3) is 8.30. The molecule has 0 radical (unpaired) electrons. The molecule has 0 spiro atoms. The zero-order valence-electron chi connectivity index (χ0n) is 20.7. The number of hydrogen-bond acceptors (Lipinski definition) is 5. The second kappa shape index (κ2) is 13.7. The van der Waals surface area contributed by atoms with Gasteiger partial charge < -0.3 is 15.5 Å². The Bertz CT molecular complexity index is 1150. The van der Waals surface area contributed by atoms with Gasteiger partial charge in [-0.1, -0.05) is 44.0 Å². The summed E-state index contributed by atoms with van der Waals surface area (Å²) in [6, 6.07) is 16.1. The standard InChI is InChI=1S/C28H34N4O4/c1-2-3-4-7-16-32-17-14-21(15-18-32)10-12-23-8-5-6-9-24(23)30-31-28(36)27(35)29-20-22-11-13-25(33)26(34)19-22/h5-6,8-9,11,13-15,17-19H,2-4,7,10,12,16,20H2,1H3,(H4-,29,30,31,33,34,35,36)/p+1. The maximum absolute atomic E-state index is 12.2. The quantitative estimate of drug-likeness (QED) is 0.0875. The van der Waals surface area contributed by atoms with Crippen LogP contribution in [0.5, 0.6) is 11.5 Å². The number of phenols is 2. The lowest BCUT2D eigenvalue weighted by Crippen LogP contribution is -2.42. The first kappa shape index (κ1) is 26.5. The fourth-order valence-electron chi connectivity index (χ4n) is 3.79. The van der Waals surface area contributed by atoms with Crippen LogP contribution in [-0.2, 0) is 35.5 Å². The van der Waals surface area contributed by atoms with Gasteiger partial charge in [-0.15, -0.1) is 0 Å². The van der Waals surface area contributed by atoms with E-state index in [4.69, 9.17) is 0 Å². The molecule has 2 amide bonds. The minimum Gasteiger partial charge on any atom is -0.504 e. The number of nitrogens with zero attached hydrogens (tertiary/aromatic N) is 1. The summed E-state index contributed by atoms with van der Waals surface area (Å²) < 4.78 is 2.22. The number of rotatable bonds is 12. The van der Waals surface area contributed by atoms with Gasteiger partial charge in [0.05, 0.1) is 5.69 Å². The summed E-state index contributed by atoms with van der Waals surface area (Å²) in [5.41, 5.74) is 8.82. The van der Waals surface area contributed by atoms with E-state index < -0.39 is 11.8 Å². The van der Waals surface area contributed by atoms with E-state index in [0.29, 0.717) is 5.56 Å². The highest BCUT2D eigenvalue weighted by Gasteiger charge is 2.14. The Hall–Kier alpha value is -4.07. The number of aromatic nitrogens is 1. The third-order valence-electron chi connectivity index (χ3n) is 5.94. The molecule has 0 bridgehead atoms. The number of pyridine rings is 1. The van der Waals surface area contributed by atoms with E-state index in [1.165, 1.54) is 43.4 Å². The highest BCUT2D eigenvalue weighted by atomic mass is 16.3. The van der Waals surface area contributed by atoms with Crippen LogP contribution in [0.2, 0.25) is 0 Å². The Morgan fingerprint density at radius 1 is 0.833 bits per heavy atom. The molecule has 2 aromatic carbocycles. The van der Waals surface area contributed by atoms with E-state index in [-0.39, 0.29) is 18.0 Å². The number of phenolic OH excluding ortho intramolecular Hbond substituents is 2. The van der Waals surface area contributed by atoms with Crippen LogP contribution in [0.4, 0.5) is 5.69 Å². The topological polar surface area (TPSA) is 115 Å². The lowest BCUT2D eigenvalue weighted by molar-refractivity contribution is -0.697. The molecule has 0 atom stereocenters. The molecule has 0 aliphatic rings. The smallest absolute Gasteiger partial charge is 0.327 e. The lowest BCUT2D eigenvalue weighted by Gasteiger charge is -2.13. The summed E-state index contributed by atoms with van der Waals surface area (Å²) in [5, 5.41) is 21.4. The highest BCUT2D eigenvalue weighted by molar-refractivity contribution is 6.35. The van der Waals surface area contributed by atoms with Crippen LogP contribution in [0.15, 0.2) is 67.0 Å². The molecule has 1 aromatic heterocycles. The third-order valence-corrected chi connectivity index (χ3v) is 5.94. The Kier molecular flexibility index (Phi) is 10.1. The van der Waals surface area contributed by atoms with Crippen LogP contribution in [-0.4, -0.2) is 22.0 Å². The average molecular weight is 492 g/mol. The predicted molar refractivity (Wildman–Crippen MR) is 138 cm³/mol. The van der Waals surface area contributed by atoms with Crippen molar-refractivity contribution in [3.8, 4) is 11.5 Å². The van der Waals surface area contributed by atoms with Crippen LogP contribution in [0.3, 0.4) is 0 Å². The molecule has 3 rings (SSSR count). The van der Waals surface area contributed by atoms with Gasteiger partial charge in [-0.25, -0.2) is 4.57 Å². The minimum absolute atomic E-state index is 0.0342. The first-order valence-electron chi connectivity index (χ1n) is 12.4. The lowest BCUT2D eigenvalue weighted by atomic mass is 10.0. The second-order valence-corrected chi connectivity index (χ2v) is 8.75. The number of anilines is 1. The molecular weight excluding hydrogens is 456 g/mol. The van der Waals surface area contributed by atoms with Crippen molar-refractivity contribution >= 4 is 17.5 Å².